The molecule has 0 radical (unpaired) electrons. The predicted octanol–water partition coefficient (Wildman–Crippen LogP) is 4.52. The molecule has 1 saturated carbocycles. The Bertz CT molecular complexity index is 453. The van der Waals surface area contributed by atoms with Crippen molar-refractivity contribution in [1.82, 2.24) is 5.32 Å². The van der Waals surface area contributed by atoms with Gasteiger partial charge in [0.15, 0.2) is 0 Å². The lowest BCUT2D eigenvalue weighted by Gasteiger charge is -2.41. The minimum Gasteiger partial charge on any atom is -0.373 e. The Hall–Kier alpha value is -0.930. The minimum absolute atomic E-state index is 0.0475. The van der Waals surface area contributed by atoms with Crippen molar-refractivity contribution in [1.29, 1.82) is 0 Å². The van der Waals surface area contributed by atoms with Gasteiger partial charge < -0.3 is 10.1 Å². The van der Waals surface area contributed by atoms with Crippen LogP contribution in [-0.4, -0.2) is 19.3 Å². The molecule has 0 saturated heterocycles. The second-order valence-electron chi connectivity index (χ2n) is 6.13. The molecular weight excluding hydrogens is 265 g/mol. The van der Waals surface area contributed by atoms with Gasteiger partial charge in [-0.05, 0) is 57.0 Å². The van der Waals surface area contributed by atoms with Gasteiger partial charge in [-0.1, -0.05) is 31.7 Å². The van der Waals surface area contributed by atoms with Crippen molar-refractivity contribution >= 4 is 0 Å². The maximum atomic E-state index is 13.7. The molecule has 1 atom stereocenters. The molecule has 0 bridgehead atoms. The normalized spacial score (nSPS) is 20.0. The first-order valence-electron chi connectivity index (χ1n) is 8.20. The van der Waals surface area contributed by atoms with Gasteiger partial charge in [0.05, 0.1) is 11.6 Å². The third-order valence-electron chi connectivity index (χ3n) is 4.75. The van der Waals surface area contributed by atoms with Gasteiger partial charge >= 0.3 is 0 Å². The van der Waals surface area contributed by atoms with E-state index < -0.39 is 0 Å². The highest BCUT2D eigenvalue weighted by molar-refractivity contribution is 5.32. The summed E-state index contributed by atoms with van der Waals surface area (Å²) in [5.74, 6) is -0.170. The molecule has 1 fully saturated rings. The van der Waals surface area contributed by atoms with Crippen molar-refractivity contribution in [3.05, 3.63) is 35.1 Å². The Morgan fingerprint density at radius 3 is 2.48 bits per heavy atom. The van der Waals surface area contributed by atoms with Gasteiger partial charge in [-0.2, -0.15) is 0 Å². The Morgan fingerprint density at radius 2 is 1.90 bits per heavy atom. The number of benzene rings is 1. The molecule has 1 aromatic rings. The van der Waals surface area contributed by atoms with Crippen LogP contribution in [0.15, 0.2) is 18.2 Å². The van der Waals surface area contributed by atoms with Crippen LogP contribution in [0, 0.1) is 12.7 Å². The van der Waals surface area contributed by atoms with Gasteiger partial charge in [0.1, 0.15) is 5.82 Å². The van der Waals surface area contributed by atoms with Crippen LogP contribution in [-0.2, 0) is 4.74 Å². The molecule has 3 heteroatoms. The Morgan fingerprint density at radius 1 is 1.24 bits per heavy atom. The first-order valence-corrected chi connectivity index (χ1v) is 8.20. The van der Waals surface area contributed by atoms with Crippen molar-refractivity contribution in [2.75, 3.05) is 13.7 Å². The summed E-state index contributed by atoms with van der Waals surface area (Å²) >= 11 is 0. The van der Waals surface area contributed by atoms with Crippen LogP contribution in [0.1, 0.15) is 62.6 Å². The molecule has 1 aromatic carbocycles. The number of likely N-dealkylation sites (N-methyl/N-ethyl adjacent to an activating group) is 1. The average Bonchev–Trinajstić information content (AvgIpc) is 2.70. The molecule has 0 amide bonds. The van der Waals surface area contributed by atoms with Crippen LogP contribution in [0.4, 0.5) is 4.39 Å². The fourth-order valence-electron chi connectivity index (χ4n) is 3.76. The Kier molecular flexibility index (Phi) is 5.77. The number of nitrogens with one attached hydrogen (secondary N) is 1. The first-order chi connectivity index (χ1) is 10.1. The standard InChI is InChI=1S/C18H28FNO/c1-4-21-18(11-7-5-6-8-12-18)17(20-3)16-13-15(19)10-9-14(16)2/h9-10,13,17,20H,4-8,11-12H2,1-3H3. The highest BCUT2D eigenvalue weighted by Gasteiger charge is 2.40. The Balaban J connectivity index is 2.41. The van der Waals surface area contributed by atoms with E-state index in [0.29, 0.717) is 6.61 Å². The molecule has 1 aliphatic carbocycles. The molecule has 1 aliphatic rings. The molecule has 2 rings (SSSR count). The molecule has 118 valence electrons. The topological polar surface area (TPSA) is 21.3 Å². The van der Waals surface area contributed by atoms with E-state index >= 15 is 0 Å². The third kappa shape index (κ3) is 3.64. The Labute approximate surface area is 128 Å². The van der Waals surface area contributed by atoms with Gasteiger partial charge in [-0.15, -0.1) is 0 Å². The minimum atomic E-state index is -0.210. The summed E-state index contributed by atoms with van der Waals surface area (Å²) in [4.78, 5) is 0. The van der Waals surface area contributed by atoms with Gasteiger partial charge in [0.25, 0.3) is 0 Å². The number of rotatable bonds is 5. The van der Waals surface area contributed by atoms with E-state index in [9.17, 15) is 4.39 Å². The van der Waals surface area contributed by atoms with E-state index in [0.717, 1.165) is 24.0 Å². The maximum Gasteiger partial charge on any atom is 0.123 e. The number of halogens is 1. The summed E-state index contributed by atoms with van der Waals surface area (Å²) in [6.07, 6.45) is 7.00. The van der Waals surface area contributed by atoms with Crippen LogP contribution >= 0.6 is 0 Å². The molecule has 0 heterocycles. The molecule has 0 spiro atoms. The fraction of sp³-hybridized carbons (Fsp3) is 0.667. The smallest absolute Gasteiger partial charge is 0.123 e. The summed E-state index contributed by atoms with van der Waals surface area (Å²) in [6.45, 7) is 4.81. The van der Waals surface area contributed by atoms with E-state index in [-0.39, 0.29) is 17.5 Å². The lowest BCUT2D eigenvalue weighted by molar-refractivity contribution is -0.0768. The quantitative estimate of drug-likeness (QED) is 0.806. The molecule has 2 nitrogen and oxygen atoms in total. The largest absolute Gasteiger partial charge is 0.373 e. The van der Waals surface area contributed by atoms with E-state index in [1.807, 2.05) is 13.1 Å². The third-order valence-corrected chi connectivity index (χ3v) is 4.75. The van der Waals surface area contributed by atoms with Gasteiger partial charge in [0, 0.05) is 6.61 Å². The van der Waals surface area contributed by atoms with Gasteiger partial charge in [0.2, 0.25) is 0 Å². The van der Waals surface area contributed by atoms with Crippen LogP contribution in [0.25, 0.3) is 0 Å². The second kappa shape index (κ2) is 7.37. The van der Waals surface area contributed by atoms with E-state index in [2.05, 4.69) is 19.2 Å². The molecule has 21 heavy (non-hydrogen) atoms. The first kappa shape index (κ1) is 16.4. The number of hydrogen-bond donors (Lipinski definition) is 1. The van der Waals surface area contributed by atoms with Crippen molar-refractivity contribution in [3.8, 4) is 0 Å². The van der Waals surface area contributed by atoms with Crippen LogP contribution in [0.3, 0.4) is 0 Å². The maximum absolute atomic E-state index is 13.7. The highest BCUT2D eigenvalue weighted by Crippen LogP contribution is 2.41. The molecule has 0 aromatic heterocycles. The van der Waals surface area contributed by atoms with Crippen LogP contribution < -0.4 is 5.32 Å². The number of aryl methyl sites for hydroxylation is 1. The number of hydrogen-bond acceptors (Lipinski definition) is 2. The zero-order chi connectivity index (χ0) is 15.3. The van der Waals surface area contributed by atoms with Crippen LogP contribution in [0.5, 0.6) is 0 Å². The van der Waals surface area contributed by atoms with Crippen molar-refractivity contribution in [2.24, 2.45) is 0 Å². The van der Waals surface area contributed by atoms with E-state index in [4.69, 9.17) is 4.74 Å². The van der Waals surface area contributed by atoms with E-state index in [1.54, 1.807) is 6.07 Å². The van der Waals surface area contributed by atoms with Crippen molar-refractivity contribution in [3.63, 3.8) is 0 Å². The summed E-state index contributed by atoms with van der Waals surface area (Å²) in [5, 5.41) is 3.42. The fourth-order valence-corrected chi connectivity index (χ4v) is 3.76. The molecular formula is C18H28FNO. The van der Waals surface area contributed by atoms with Crippen molar-refractivity contribution in [2.45, 2.75) is 64.0 Å². The summed E-state index contributed by atoms with van der Waals surface area (Å²) in [5.41, 5.74) is 1.95. The summed E-state index contributed by atoms with van der Waals surface area (Å²) in [6, 6.07) is 5.12. The van der Waals surface area contributed by atoms with Gasteiger partial charge in [-0.3, -0.25) is 0 Å². The summed E-state index contributed by atoms with van der Waals surface area (Å²) < 4.78 is 20.0. The SMILES string of the molecule is CCOC1(C(NC)c2cc(F)ccc2C)CCCCCC1. The second-order valence-corrected chi connectivity index (χ2v) is 6.13. The number of ether oxygens (including phenoxy) is 1. The zero-order valence-electron chi connectivity index (χ0n) is 13.5. The van der Waals surface area contributed by atoms with Crippen LogP contribution in [0.2, 0.25) is 0 Å². The van der Waals surface area contributed by atoms with E-state index in [1.165, 1.54) is 31.7 Å². The summed E-state index contributed by atoms with van der Waals surface area (Å²) in [7, 11) is 1.96. The zero-order valence-corrected chi connectivity index (χ0v) is 13.5. The lowest BCUT2D eigenvalue weighted by Crippen LogP contribution is -2.45. The molecule has 1 N–H and O–H groups in total. The predicted molar refractivity (Wildman–Crippen MR) is 85.0 cm³/mol. The monoisotopic (exact) mass is 293 g/mol. The highest BCUT2D eigenvalue weighted by atomic mass is 19.1. The average molecular weight is 293 g/mol. The molecule has 0 aliphatic heterocycles. The van der Waals surface area contributed by atoms with Gasteiger partial charge in [-0.25, -0.2) is 4.39 Å². The molecule has 1 unspecified atom stereocenters. The van der Waals surface area contributed by atoms with Crippen molar-refractivity contribution < 1.29 is 9.13 Å². The lowest BCUT2D eigenvalue weighted by atomic mass is 9.80.